The second kappa shape index (κ2) is 10.4. The van der Waals surface area contributed by atoms with Gasteiger partial charge in [-0.1, -0.05) is 55.5 Å². The fourth-order valence-corrected chi connectivity index (χ4v) is 4.37. The van der Waals surface area contributed by atoms with Crippen LogP contribution >= 0.6 is 0 Å². The van der Waals surface area contributed by atoms with Crippen LogP contribution in [-0.2, 0) is 16.6 Å². The van der Waals surface area contributed by atoms with Gasteiger partial charge < -0.3 is 15.2 Å². The highest BCUT2D eigenvalue weighted by molar-refractivity contribution is 5.94. The van der Waals surface area contributed by atoms with Gasteiger partial charge in [-0.3, -0.25) is 19.6 Å². The number of aromatic nitrogens is 2. The number of nitrogens with zero attached hydrogens (tertiary/aromatic N) is 2. The van der Waals surface area contributed by atoms with Crippen LogP contribution in [0.15, 0.2) is 54.6 Å². The normalized spacial score (nSPS) is 13.0. The summed E-state index contributed by atoms with van der Waals surface area (Å²) in [6, 6.07) is 17.4. The number of rotatable bonds is 9. The van der Waals surface area contributed by atoms with Crippen LogP contribution in [-0.4, -0.2) is 45.5 Å². The molecule has 3 N–H and O–H groups in total. The number of fused-ring (bicyclic) bond motifs is 3. The number of carbonyl (C=O) groups excluding carboxylic acids is 2. The second-order valence-corrected chi connectivity index (χ2v) is 8.50. The van der Waals surface area contributed by atoms with E-state index in [1.54, 1.807) is 7.05 Å². The average Bonchev–Trinajstić information content (AvgIpc) is 3.37. The fourth-order valence-electron chi connectivity index (χ4n) is 4.37. The first-order valence-corrected chi connectivity index (χ1v) is 11.6. The van der Waals surface area contributed by atoms with Gasteiger partial charge in [0.2, 0.25) is 0 Å². The van der Waals surface area contributed by atoms with E-state index in [1.165, 1.54) is 10.7 Å². The van der Waals surface area contributed by atoms with Crippen molar-refractivity contribution in [3.8, 4) is 11.1 Å². The van der Waals surface area contributed by atoms with E-state index in [1.807, 2.05) is 43.3 Å². The lowest BCUT2D eigenvalue weighted by Gasteiger charge is -2.14. The summed E-state index contributed by atoms with van der Waals surface area (Å²) in [6.45, 7) is 2.04. The summed E-state index contributed by atoms with van der Waals surface area (Å²) in [7, 11) is 1.61. The quantitative estimate of drug-likeness (QED) is 0.426. The molecule has 182 valence electrons. The summed E-state index contributed by atoms with van der Waals surface area (Å²) in [4.78, 5) is 35.9. The van der Waals surface area contributed by atoms with Crippen molar-refractivity contribution in [3.05, 3.63) is 71.4 Å². The van der Waals surface area contributed by atoms with E-state index in [4.69, 9.17) is 9.84 Å². The number of aliphatic carboxylic acids is 1. The zero-order valence-electron chi connectivity index (χ0n) is 19.7. The van der Waals surface area contributed by atoms with Gasteiger partial charge in [0.25, 0.3) is 5.91 Å². The number of aryl methyl sites for hydroxylation is 1. The maximum atomic E-state index is 12.6. The van der Waals surface area contributed by atoms with E-state index in [0.29, 0.717) is 18.7 Å². The van der Waals surface area contributed by atoms with Crippen LogP contribution in [0.2, 0.25) is 0 Å². The second-order valence-electron chi connectivity index (χ2n) is 8.50. The van der Waals surface area contributed by atoms with E-state index in [2.05, 4.69) is 27.9 Å². The van der Waals surface area contributed by atoms with E-state index in [-0.39, 0.29) is 30.7 Å². The third-order valence-electron chi connectivity index (χ3n) is 6.22. The molecule has 0 spiro atoms. The van der Waals surface area contributed by atoms with Crippen molar-refractivity contribution in [2.45, 2.75) is 38.1 Å². The molecule has 1 aliphatic carbocycles. The Morgan fingerprint density at radius 1 is 1.09 bits per heavy atom. The summed E-state index contributed by atoms with van der Waals surface area (Å²) in [5, 5.41) is 18.5. The molecule has 1 unspecified atom stereocenters. The largest absolute Gasteiger partial charge is 0.481 e. The minimum atomic E-state index is -0.912. The van der Waals surface area contributed by atoms with Gasteiger partial charge in [0.05, 0.1) is 0 Å². The Hall–Kier alpha value is -4.14. The molecule has 0 radical (unpaired) electrons. The molecular weight excluding hydrogens is 448 g/mol. The predicted octanol–water partition coefficient (Wildman–Crippen LogP) is 4.15. The first kappa shape index (κ1) is 24.0. The molecule has 3 aromatic rings. The lowest BCUT2D eigenvalue weighted by molar-refractivity contribution is -0.137. The Morgan fingerprint density at radius 2 is 1.71 bits per heavy atom. The number of carbonyl (C=O) groups is 3. The number of hydrogen-bond acceptors (Lipinski definition) is 5. The van der Waals surface area contributed by atoms with E-state index in [0.717, 1.165) is 22.3 Å². The monoisotopic (exact) mass is 476 g/mol. The number of hydrogen-bond donors (Lipinski definition) is 3. The van der Waals surface area contributed by atoms with E-state index >= 15 is 0 Å². The van der Waals surface area contributed by atoms with Gasteiger partial charge in [0.15, 0.2) is 5.69 Å². The Bertz CT molecular complexity index is 1210. The average molecular weight is 477 g/mol. The van der Waals surface area contributed by atoms with Crippen molar-refractivity contribution in [1.82, 2.24) is 15.1 Å². The molecule has 0 saturated heterocycles. The SMILES string of the molecule is CCC(CCC(=O)O)NC(=O)c1cc(NC(=O)OCC2c3ccccc3-c3ccccc32)n(C)n1. The van der Waals surface area contributed by atoms with Crippen LogP contribution in [0.25, 0.3) is 11.1 Å². The van der Waals surface area contributed by atoms with Crippen LogP contribution in [0, 0.1) is 0 Å². The van der Waals surface area contributed by atoms with Crippen molar-refractivity contribution in [2.75, 3.05) is 11.9 Å². The van der Waals surface area contributed by atoms with Gasteiger partial charge in [0.1, 0.15) is 12.4 Å². The summed E-state index contributed by atoms with van der Waals surface area (Å²) in [6.07, 6.45) is 0.247. The smallest absolute Gasteiger partial charge is 0.412 e. The summed E-state index contributed by atoms with van der Waals surface area (Å²) >= 11 is 0. The highest BCUT2D eigenvalue weighted by Gasteiger charge is 2.29. The number of benzene rings is 2. The topological polar surface area (TPSA) is 123 Å². The van der Waals surface area contributed by atoms with Crippen molar-refractivity contribution in [1.29, 1.82) is 0 Å². The molecule has 1 aliphatic rings. The number of nitrogens with one attached hydrogen (secondary N) is 2. The van der Waals surface area contributed by atoms with Gasteiger partial charge in [-0.25, -0.2) is 4.79 Å². The zero-order valence-corrected chi connectivity index (χ0v) is 19.7. The number of carboxylic acids is 1. The van der Waals surface area contributed by atoms with Gasteiger partial charge in [-0.2, -0.15) is 5.10 Å². The molecule has 35 heavy (non-hydrogen) atoms. The van der Waals surface area contributed by atoms with Gasteiger partial charge in [-0.15, -0.1) is 0 Å². The molecular formula is C26H28N4O5. The first-order valence-electron chi connectivity index (χ1n) is 11.6. The molecule has 1 heterocycles. The Labute approximate surface area is 203 Å². The van der Waals surface area contributed by atoms with Crippen molar-refractivity contribution in [2.24, 2.45) is 7.05 Å². The lowest BCUT2D eigenvalue weighted by atomic mass is 9.98. The molecule has 1 atom stereocenters. The van der Waals surface area contributed by atoms with Gasteiger partial charge >= 0.3 is 12.1 Å². The Balaban J connectivity index is 1.37. The third kappa shape index (κ3) is 5.34. The standard InChI is InChI=1S/C26H28N4O5/c1-3-16(12-13-24(31)32)27-25(33)22-14-23(30(2)29-22)28-26(34)35-15-21-19-10-6-4-8-17(19)18-9-5-7-11-20(18)21/h4-11,14,16,21H,3,12-13,15H2,1-2H3,(H,27,33)(H,28,34)(H,31,32). The number of anilines is 1. The van der Waals surface area contributed by atoms with Crippen LogP contribution in [0.5, 0.6) is 0 Å². The third-order valence-corrected chi connectivity index (χ3v) is 6.22. The van der Waals surface area contributed by atoms with Crippen LogP contribution in [0.4, 0.5) is 10.6 Å². The summed E-state index contributed by atoms with van der Waals surface area (Å²) in [5.41, 5.74) is 4.65. The molecule has 0 bridgehead atoms. The molecule has 0 fully saturated rings. The van der Waals surface area contributed by atoms with E-state index in [9.17, 15) is 14.4 Å². The van der Waals surface area contributed by atoms with Gasteiger partial charge in [0, 0.05) is 31.5 Å². The van der Waals surface area contributed by atoms with E-state index < -0.39 is 18.0 Å². The minimum absolute atomic E-state index is 0.0321. The highest BCUT2D eigenvalue weighted by Crippen LogP contribution is 2.44. The Morgan fingerprint density at radius 3 is 2.31 bits per heavy atom. The molecule has 0 aliphatic heterocycles. The van der Waals surface area contributed by atoms with Crippen LogP contribution < -0.4 is 10.6 Å². The van der Waals surface area contributed by atoms with Crippen LogP contribution in [0.3, 0.4) is 0 Å². The number of carboxylic acid groups (broad SMARTS) is 1. The van der Waals surface area contributed by atoms with Crippen molar-refractivity contribution >= 4 is 23.8 Å². The summed E-state index contributed by atoms with van der Waals surface area (Å²) in [5.74, 6) is -1.09. The maximum Gasteiger partial charge on any atom is 0.412 e. The van der Waals surface area contributed by atoms with Crippen molar-refractivity contribution in [3.63, 3.8) is 0 Å². The Kier molecular flexibility index (Phi) is 7.14. The minimum Gasteiger partial charge on any atom is -0.481 e. The highest BCUT2D eigenvalue weighted by atomic mass is 16.5. The molecule has 2 aromatic carbocycles. The number of amides is 2. The van der Waals surface area contributed by atoms with Gasteiger partial charge in [-0.05, 0) is 35.1 Å². The van der Waals surface area contributed by atoms with Crippen molar-refractivity contribution < 1.29 is 24.2 Å². The van der Waals surface area contributed by atoms with Crippen LogP contribution in [0.1, 0.15) is 53.7 Å². The molecule has 2 amide bonds. The predicted molar refractivity (Wildman–Crippen MR) is 130 cm³/mol. The molecule has 0 saturated carbocycles. The maximum absolute atomic E-state index is 12.6. The molecule has 4 rings (SSSR count). The summed E-state index contributed by atoms with van der Waals surface area (Å²) < 4.78 is 6.94. The fraction of sp³-hybridized carbons (Fsp3) is 0.308. The first-order chi connectivity index (χ1) is 16.9. The molecule has 9 heteroatoms. The molecule has 9 nitrogen and oxygen atoms in total. The lowest BCUT2D eigenvalue weighted by Crippen LogP contribution is -2.35. The number of ether oxygens (including phenoxy) is 1. The molecule has 1 aromatic heterocycles. The zero-order chi connectivity index (χ0) is 24.9.